The average molecular weight is 326 g/mol. The molecule has 0 aromatic carbocycles. The van der Waals surface area contributed by atoms with Crippen molar-refractivity contribution < 1.29 is 8.42 Å². The van der Waals surface area contributed by atoms with E-state index < -0.39 is 10.0 Å². The number of thiophene rings is 1. The van der Waals surface area contributed by atoms with Gasteiger partial charge in [0.25, 0.3) is 10.0 Å². The van der Waals surface area contributed by atoms with E-state index in [1.165, 1.54) is 35.5 Å². The van der Waals surface area contributed by atoms with Gasteiger partial charge in [-0.3, -0.25) is 0 Å². The molecule has 3 aliphatic rings. The highest BCUT2D eigenvalue weighted by Gasteiger charge is 2.44. The maximum atomic E-state index is 12.9. The molecule has 2 atom stereocenters. The molecular formula is C15H22N2O2S2. The lowest BCUT2D eigenvalue weighted by Crippen LogP contribution is -2.37. The summed E-state index contributed by atoms with van der Waals surface area (Å²) in [7, 11) is -3.27. The lowest BCUT2D eigenvalue weighted by Gasteiger charge is -2.25. The molecule has 1 N–H and O–H groups in total. The summed E-state index contributed by atoms with van der Waals surface area (Å²) in [6.07, 6.45) is 5.83. The van der Waals surface area contributed by atoms with E-state index in [1.54, 1.807) is 4.31 Å². The van der Waals surface area contributed by atoms with Crippen LogP contribution in [0.25, 0.3) is 0 Å². The Morgan fingerprint density at radius 2 is 2.14 bits per heavy atom. The van der Waals surface area contributed by atoms with Gasteiger partial charge in [0.05, 0.1) is 0 Å². The number of rotatable bonds is 5. The van der Waals surface area contributed by atoms with Gasteiger partial charge in [0.15, 0.2) is 0 Å². The lowest BCUT2D eigenvalue weighted by atomic mass is 10.1. The summed E-state index contributed by atoms with van der Waals surface area (Å²) < 4.78 is 28.0. The quantitative estimate of drug-likeness (QED) is 0.904. The van der Waals surface area contributed by atoms with Crippen molar-refractivity contribution in [2.45, 2.75) is 61.9 Å². The summed E-state index contributed by atoms with van der Waals surface area (Å²) in [4.78, 5) is 1.17. The molecule has 6 heteroatoms. The Hall–Kier alpha value is -0.430. The van der Waals surface area contributed by atoms with Crippen molar-refractivity contribution in [3.63, 3.8) is 0 Å². The summed E-state index contributed by atoms with van der Waals surface area (Å²) in [5.41, 5.74) is 1.11. The Kier molecular flexibility index (Phi) is 3.41. The molecule has 2 aliphatic carbocycles. The molecule has 1 aromatic heterocycles. The third-order valence-electron chi connectivity index (χ3n) is 5.05. The van der Waals surface area contributed by atoms with E-state index in [1.807, 2.05) is 13.0 Å². The van der Waals surface area contributed by atoms with Crippen LogP contribution in [0.3, 0.4) is 0 Å². The van der Waals surface area contributed by atoms with E-state index in [4.69, 9.17) is 0 Å². The Morgan fingerprint density at radius 1 is 1.33 bits per heavy atom. The summed E-state index contributed by atoms with van der Waals surface area (Å²) in [5.74, 6) is 0.599. The van der Waals surface area contributed by atoms with Gasteiger partial charge in [0, 0.05) is 30.1 Å². The molecule has 116 valence electrons. The number of sulfonamides is 1. The molecule has 1 saturated heterocycles. The molecule has 1 aromatic rings. The van der Waals surface area contributed by atoms with Gasteiger partial charge >= 0.3 is 0 Å². The molecule has 2 heterocycles. The minimum atomic E-state index is -3.27. The first-order valence-electron chi connectivity index (χ1n) is 7.88. The molecule has 0 spiro atoms. The first kappa shape index (κ1) is 14.2. The zero-order valence-corrected chi connectivity index (χ0v) is 14.0. The van der Waals surface area contributed by atoms with Crippen LogP contribution in [0.15, 0.2) is 10.3 Å². The molecule has 2 saturated carbocycles. The molecule has 2 unspecified atom stereocenters. The van der Waals surface area contributed by atoms with Crippen molar-refractivity contribution in [1.29, 1.82) is 0 Å². The summed E-state index contributed by atoms with van der Waals surface area (Å²) >= 11 is 1.46. The fourth-order valence-corrected chi connectivity index (χ4v) is 7.02. The van der Waals surface area contributed by atoms with Crippen molar-refractivity contribution >= 4 is 21.4 Å². The van der Waals surface area contributed by atoms with Gasteiger partial charge in [0.1, 0.15) is 4.21 Å². The predicted molar refractivity (Wildman–Crippen MR) is 83.9 cm³/mol. The maximum Gasteiger partial charge on any atom is 0.252 e. The van der Waals surface area contributed by atoms with E-state index in [9.17, 15) is 8.42 Å². The van der Waals surface area contributed by atoms with Gasteiger partial charge in [-0.15, -0.1) is 11.3 Å². The van der Waals surface area contributed by atoms with Gasteiger partial charge in [-0.1, -0.05) is 0 Å². The van der Waals surface area contributed by atoms with Crippen LogP contribution in [-0.4, -0.2) is 31.4 Å². The molecule has 2 bridgehead atoms. The fraction of sp³-hybridized carbons (Fsp3) is 0.733. The highest BCUT2D eigenvalue weighted by atomic mass is 32.2. The van der Waals surface area contributed by atoms with Crippen LogP contribution in [0.2, 0.25) is 0 Å². The van der Waals surface area contributed by atoms with Crippen LogP contribution in [0, 0.1) is 12.8 Å². The second kappa shape index (κ2) is 5.05. The van der Waals surface area contributed by atoms with E-state index in [0.717, 1.165) is 31.5 Å². The molecule has 4 nitrogen and oxygen atoms in total. The Labute approximate surface area is 130 Å². The largest absolute Gasteiger partial charge is 0.309 e. The average Bonchev–Trinajstić information content (AvgIpc) is 2.86. The smallest absolute Gasteiger partial charge is 0.252 e. The van der Waals surface area contributed by atoms with Crippen LogP contribution < -0.4 is 5.32 Å². The van der Waals surface area contributed by atoms with Crippen molar-refractivity contribution in [1.82, 2.24) is 9.62 Å². The number of fused-ring (bicyclic) bond motifs is 2. The third kappa shape index (κ3) is 2.56. The number of hydrogen-bond donors (Lipinski definition) is 1. The van der Waals surface area contributed by atoms with Crippen LogP contribution in [0.1, 0.15) is 42.5 Å². The molecular weight excluding hydrogens is 304 g/mol. The summed E-state index contributed by atoms with van der Waals surface area (Å²) in [6.45, 7) is 3.57. The van der Waals surface area contributed by atoms with Crippen molar-refractivity contribution in [3.05, 3.63) is 16.5 Å². The Morgan fingerprint density at radius 3 is 2.76 bits per heavy atom. The summed E-state index contributed by atoms with van der Waals surface area (Å²) in [5, 5.41) is 3.48. The van der Waals surface area contributed by atoms with E-state index in [0.29, 0.717) is 16.2 Å². The van der Waals surface area contributed by atoms with Crippen LogP contribution in [-0.2, 0) is 16.6 Å². The van der Waals surface area contributed by atoms with Crippen LogP contribution >= 0.6 is 11.3 Å². The minimum absolute atomic E-state index is 0.260. The third-order valence-corrected chi connectivity index (χ3v) is 8.65. The number of piperidine rings is 1. The van der Waals surface area contributed by atoms with Crippen molar-refractivity contribution in [2.75, 3.05) is 6.54 Å². The van der Waals surface area contributed by atoms with Gasteiger partial charge in [-0.2, -0.15) is 4.31 Å². The number of hydrogen-bond acceptors (Lipinski definition) is 4. The van der Waals surface area contributed by atoms with Crippen LogP contribution in [0.4, 0.5) is 0 Å². The maximum absolute atomic E-state index is 12.9. The first-order valence-corrected chi connectivity index (χ1v) is 10.1. The normalized spacial score (nSPS) is 29.4. The second-order valence-corrected chi connectivity index (χ2v) is 9.99. The Bertz CT molecular complexity index is 649. The highest BCUT2D eigenvalue weighted by molar-refractivity contribution is 7.91. The van der Waals surface area contributed by atoms with E-state index in [2.05, 4.69) is 5.32 Å². The Balaban J connectivity index is 1.55. The minimum Gasteiger partial charge on any atom is -0.309 e. The molecule has 0 radical (unpaired) electrons. The first-order chi connectivity index (χ1) is 10.0. The molecule has 0 amide bonds. The zero-order chi connectivity index (χ0) is 14.6. The fourth-order valence-electron chi connectivity index (χ4n) is 3.61. The molecule has 1 aliphatic heterocycles. The molecule has 3 fully saturated rings. The second-order valence-electron chi connectivity index (χ2n) is 6.73. The van der Waals surface area contributed by atoms with Crippen molar-refractivity contribution in [3.8, 4) is 0 Å². The highest BCUT2D eigenvalue weighted by Crippen LogP contribution is 2.41. The SMILES string of the molecule is Cc1cc(S(=O)(=O)N2CC3CCC2C3)sc1CNC1CC1. The van der Waals surface area contributed by atoms with Gasteiger partial charge in [-0.05, 0) is 56.6 Å². The topological polar surface area (TPSA) is 49.4 Å². The van der Waals surface area contributed by atoms with Gasteiger partial charge in [0.2, 0.25) is 0 Å². The van der Waals surface area contributed by atoms with E-state index in [-0.39, 0.29) is 6.04 Å². The van der Waals surface area contributed by atoms with E-state index >= 15 is 0 Å². The monoisotopic (exact) mass is 326 g/mol. The van der Waals surface area contributed by atoms with Crippen LogP contribution in [0.5, 0.6) is 0 Å². The number of nitrogens with zero attached hydrogens (tertiary/aromatic N) is 1. The predicted octanol–water partition coefficient (Wildman–Crippen LogP) is 2.48. The lowest BCUT2D eigenvalue weighted by molar-refractivity contribution is 0.334. The van der Waals surface area contributed by atoms with Crippen molar-refractivity contribution in [2.24, 2.45) is 5.92 Å². The zero-order valence-electron chi connectivity index (χ0n) is 12.3. The molecule has 21 heavy (non-hydrogen) atoms. The number of aryl methyl sites for hydroxylation is 1. The standard InChI is InChI=1S/C15H22N2O2S2/c1-10-6-15(20-14(10)8-16-12-3-4-12)21(18,19)17-9-11-2-5-13(17)7-11/h6,11-13,16H,2-5,7-9H2,1H3. The number of nitrogens with one attached hydrogen (secondary N) is 1. The summed E-state index contributed by atoms with van der Waals surface area (Å²) in [6, 6.07) is 2.78. The van der Waals surface area contributed by atoms with Gasteiger partial charge < -0.3 is 5.32 Å². The molecule has 4 rings (SSSR count). The van der Waals surface area contributed by atoms with Gasteiger partial charge in [-0.25, -0.2) is 8.42 Å².